The van der Waals surface area contributed by atoms with Gasteiger partial charge in [-0.3, -0.25) is 0 Å². The van der Waals surface area contributed by atoms with E-state index in [4.69, 9.17) is 0 Å². The van der Waals surface area contributed by atoms with Crippen LogP contribution in [0.1, 0.15) is 52.5 Å². The zero-order chi connectivity index (χ0) is 15.0. The van der Waals surface area contributed by atoms with Crippen LogP contribution in [-0.2, 0) is 15.4 Å². The summed E-state index contributed by atoms with van der Waals surface area (Å²) in [6, 6.07) is 7.33. The zero-order valence-electron chi connectivity index (χ0n) is 12.8. The molecule has 0 aromatic heterocycles. The van der Waals surface area contributed by atoms with Gasteiger partial charge < -0.3 is 0 Å². The molecule has 0 heterocycles. The Labute approximate surface area is 122 Å². The average Bonchev–Trinajstić information content (AvgIpc) is 2.73. The minimum absolute atomic E-state index is 0.0383. The largest absolute Gasteiger partial charge is 0.240 e. The molecule has 2 atom stereocenters. The molecule has 20 heavy (non-hydrogen) atoms. The summed E-state index contributed by atoms with van der Waals surface area (Å²) in [5.41, 5.74) is 1.18. The van der Waals surface area contributed by atoms with E-state index >= 15 is 0 Å². The second kappa shape index (κ2) is 5.49. The van der Waals surface area contributed by atoms with Crippen LogP contribution in [0.4, 0.5) is 0 Å². The van der Waals surface area contributed by atoms with Crippen molar-refractivity contribution in [2.45, 2.75) is 63.3 Å². The highest BCUT2D eigenvalue weighted by molar-refractivity contribution is 7.89. The van der Waals surface area contributed by atoms with Crippen molar-refractivity contribution in [3.05, 3.63) is 29.8 Å². The molecule has 1 fully saturated rings. The molecule has 0 amide bonds. The van der Waals surface area contributed by atoms with E-state index < -0.39 is 10.0 Å². The molecule has 1 aliphatic rings. The fraction of sp³-hybridized carbons (Fsp3) is 0.625. The Balaban J connectivity index is 2.13. The Morgan fingerprint density at radius 2 is 1.70 bits per heavy atom. The van der Waals surface area contributed by atoms with Crippen molar-refractivity contribution >= 4 is 10.0 Å². The van der Waals surface area contributed by atoms with Crippen LogP contribution in [0.15, 0.2) is 29.2 Å². The summed E-state index contributed by atoms with van der Waals surface area (Å²) < 4.78 is 27.5. The van der Waals surface area contributed by atoms with Crippen molar-refractivity contribution < 1.29 is 8.42 Å². The molecule has 2 unspecified atom stereocenters. The van der Waals surface area contributed by atoms with Crippen molar-refractivity contribution in [3.8, 4) is 0 Å². The van der Waals surface area contributed by atoms with Gasteiger partial charge in [-0.1, -0.05) is 39.8 Å². The number of nitrogens with one attached hydrogen (secondary N) is 1. The SMILES string of the molecule is CC1CCC(NS(=O)(=O)c2ccc(C(C)(C)C)cc2)C1. The van der Waals surface area contributed by atoms with Crippen molar-refractivity contribution in [2.75, 3.05) is 0 Å². The number of benzene rings is 1. The van der Waals surface area contributed by atoms with E-state index in [2.05, 4.69) is 32.4 Å². The van der Waals surface area contributed by atoms with E-state index in [1.54, 1.807) is 12.1 Å². The van der Waals surface area contributed by atoms with Gasteiger partial charge in [0, 0.05) is 6.04 Å². The number of rotatable bonds is 3. The average molecular weight is 295 g/mol. The Kier molecular flexibility index (Phi) is 4.26. The van der Waals surface area contributed by atoms with Crippen molar-refractivity contribution in [3.63, 3.8) is 0 Å². The van der Waals surface area contributed by atoms with E-state index in [1.807, 2.05) is 12.1 Å². The summed E-state index contributed by atoms with van der Waals surface area (Å²) >= 11 is 0. The van der Waals surface area contributed by atoms with Crippen LogP contribution < -0.4 is 4.72 Å². The van der Waals surface area contributed by atoms with E-state index in [-0.39, 0.29) is 11.5 Å². The molecule has 0 spiro atoms. The van der Waals surface area contributed by atoms with E-state index in [9.17, 15) is 8.42 Å². The fourth-order valence-corrected chi connectivity index (χ4v) is 4.02. The highest BCUT2D eigenvalue weighted by Gasteiger charge is 2.26. The first kappa shape index (κ1) is 15.5. The van der Waals surface area contributed by atoms with Gasteiger partial charge in [0.15, 0.2) is 0 Å². The zero-order valence-corrected chi connectivity index (χ0v) is 13.6. The first-order valence-corrected chi connectivity index (χ1v) is 8.80. The fourth-order valence-electron chi connectivity index (χ4n) is 2.74. The molecule has 1 N–H and O–H groups in total. The van der Waals surface area contributed by atoms with Crippen LogP contribution in [0.25, 0.3) is 0 Å². The highest BCUT2D eigenvalue weighted by Crippen LogP contribution is 2.27. The van der Waals surface area contributed by atoms with Gasteiger partial charge in [0.1, 0.15) is 0 Å². The number of hydrogen-bond acceptors (Lipinski definition) is 2. The third-order valence-corrected chi connectivity index (χ3v) is 5.58. The maximum Gasteiger partial charge on any atom is 0.240 e. The van der Waals surface area contributed by atoms with Gasteiger partial charge in [-0.2, -0.15) is 0 Å². The van der Waals surface area contributed by atoms with Crippen LogP contribution in [-0.4, -0.2) is 14.5 Å². The lowest BCUT2D eigenvalue weighted by molar-refractivity contribution is 0.538. The predicted molar refractivity (Wildman–Crippen MR) is 82.3 cm³/mol. The van der Waals surface area contributed by atoms with Gasteiger partial charge >= 0.3 is 0 Å². The van der Waals surface area contributed by atoms with Crippen molar-refractivity contribution in [2.24, 2.45) is 5.92 Å². The smallest absolute Gasteiger partial charge is 0.208 e. The van der Waals surface area contributed by atoms with E-state index in [1.165, 1.54) is 0 Å². The molecule has 1 aliphatic carbocycles. The second-order valence-corrected chi connectivity index (χ2v) is 8.72. The highest BCUT2D eigenvalue weighted by atomic mass is 32.2. The lowest BCUT2D eigenvalue weighted by Crippen LogP contribution is -2.33. The molecule has 1 aromatic rings. The van der Waals surface area contributed by atoms with Gasteiger partial charge in [0.2, 0.25) is 10.0 Å². The molecule has 0 aliphatic heterocycles. The summed E-state index contributed by atoms with van der Waals surface area (Å²) in [6.07, 6.45) is 3.00. The molecule has 1 saturated carbocycles. The normalized spacial score (nSPS) is 24.0. The van der Waals surface area contributed by atoms with Crippen molar-refractivity contribution in [1.82, 2.24) is 4.72 Å². The molecule has 1 aromatic carbocycles. The van der Waals surface area contributed by atoms with Crippen LogP contribution in [0.2, 0.25) is 0 Å². The number of sulfonamides is 1. The van der Waals surface area contributed by atoms with Gasteiger partial charge in [-0.25, -0.2) is 13.1 Å². The lowest BCUT2D eigenvalue weighted by atomic mass is 9.87. The van der Waals surface area contributed by atoms with Gasteiger partial charge in [-0.05, 0) is 48.3 Å². The number of hydrogen-bond donors (Lipinski definition) is 1. The van der Waals surface area contributed by atoms with Crippen LogP contribution in [0.5, 0.6) is 0 Å². The minimum atomic E-state index is -3.38. The Bertz CT molecular complexity index is 555. The summed E-state index contributed by atoms with van der Waals surface area (Å²) in [5, 5.41) is 0. The Morgan fingerprint density at radius 1 is 1.10 bits per heavy atom. The standard InChI is InChI=1S/C16H25NO2S/c1-12-5-8-14(11-12)17-20(18,19)15-9-6-13(7-10-15)16(2,3)4/h6-7,9-10,12,14,17H,5,8,11H2,1-4H3. The predicted octanol–water partition coefficient (Wildman–Crippen LogP) is 3.45. The molecule has 4 heteroatoms. The minimum Gasteiger partial charge on any atom is -0.208 e. The first-order valence-electron chi connectivity index (χ1n) is 7.31. The molecular formula is C16H25NO2S. The topological polar surface area (TPSA) is 46.2 Å². The summed E-state index contributed by atoms with van der Waals surface area (Å²) in [6.45, 7) is 8.53. The molecular weight excluding hydrogens is 270 g/mol. The summed E-state index contributed by atoms with van der Waals surface area (Å²) in [7, 11) is -3.38. The summed E-state index contributed by atoms with van der Waals surface area (Å²) in [4.78, 5) is 0.366. The van der Waals surface area contributed by atoms with Crippen LogP contribution in [0.3, 0.4) is 0 Å². The third-order valence-electron chi connectivity index (χ3n) is 4.05. The van der Waals surface area contributed by atoms with Gasteiger partial charge in [0.25, 0.3) is 0 Å². The molecule has 0 bridgehead atoms. The third kappa shape index (κ3) is 3.61. The Morgan fingerprint density at radius 3 is 2.15 bits per heavy atom. The van der Waals surface area contributed by atoms with E-state index in [0.717, 1.165) is 24.8 Å². The maximum atomic E-state index is 12.3. The molecule has 3 nitrogen and oxygen atoms in total. The van der Waals surface area contributed by atoms with E-state index in [0.29, 0.717) is 10.8 Å². The quantitative estimate of drug-likeness (QED) is 0.928. The second-order valence-electron chi connectivity index (χ2n) is 7.01. The van der Waals surface area contributed by atoms with Gasteiger partial charge in [0.05, 0.1) is 4.90 Å². The molecule has 0 radical (unpaired) electrons. The van der Waals surface area contributed by atoms with Gasteiger partial charge in [-0.15, -0.1) is 0 Å². The van der Waals surface area contributed by atoms with Crippen molar-refractivity contribution in [1.29, 1.82) is 0 Å². The van der Waals surface area contributed by atoms with Crippen LogP contribution >= 0.6 is 0 Å². The first-order chi connectivity index (χ1) is 9.18. The maximum absolute atomic E-state index is 12.3. The van der Waals surface area contributed by atoms with Crippen LogP contribution in [0, 0.1) is 5.92 Å². The monoisotopic (exact) mass is 295 g/mol. The summed E-state index contributed by atoms with van der Waals surface area (Å²) in [5.74, 6) is 0.617. The molecule has 0 saturated heterocycles. The lowest BCUT2D eigenvalue weighted by Gasteiger charge is -2.19. The molecule has 2 rings (SSSR count). The molecule has 112 valence electrons. The Hall–Kier alpha value is -0.870.